The molecule has 1 heterocycles. The molecule has 3 aromatic rings. The average molecular weight is 393 g/mol. The van der Waals surface area contributed by atoms with Gasteiger partial charge in [-0.2, -0.15) is 0 Å². The third kappa shape index (κ3) is 5.12. The van der Waals surface area contributed by atoms with Crippen molar-refractivity contribution in [3.05, 3.63) is 76.3 Å². The summed E-state index contributed by atoms with van der Waals surface area (Å²) in [6.45, 7) is 0.320. The van der Waals surface area contributed by atoms with E-state index in [9.17, 15) is 8.42 Å². The van der Waals surface area contributed by atoms with E-state index in [1.54, 1.807) is 12.1 Å². The minimum Gasteiger partial charge on any atom is -0.241 e. The molecule has 0 saturated heterocycles. The van der Waals surface area contributed by atoms with Gasteiger partial charge in [-0.1, -0.05) is 60.1 Å². The van der Waals surface area contributed by atoms with Crippen LogP contribution in [-0.2, 0) is 22.2 Å². The van der Waals surface area contributed by atoms with E-state index in [2.05, 4.69) is 9.71 Å². The van der Waals surface area contributed by atoms with E-state index in [1.807, 2.05) is 47.8 Å². The van der Waals surface area contributed by atoms with Crippen LogP contribution >= 0.6 is 22.9 Å². The zero-order valence-corrected chi connectivity index (χ0v) is 15.7. The average Bonchev–Trinajstić information content (AvgIpc) is 3.04. The summed E-state index contributed by atoms with van der Waals surface area (Å²) < 4.78 is 26.9. The first-order chi connectivity index (χ1) is 12.0. The minimum atomic E-state index is -3.35. The van der Waals surface area contributed by atoms with E-state index in [4.69, 9.17) is 11.6 Å². The molecule has 0 aliphatic rings. The second-order valence-corrected chi connectivity index (χ2v) is 8.59. The maximum Gasteiger partial charge on any atom is 0.215 e. The van der Waals surface area contributed by atoms with Crippen molar-refractivity contribution in [2.24, 2.45) is 0 Å². The summed E-state index contributed by atoms with van der Waals surface area (Å²) in [5.74, 6) is -0.0181. The van der Waals surface area contributed by atoms with Crippen molar-refractivity contribution in [2.45, 2.75) is 12.2 Å². The van der Waals surface area contributed by atoms with Gasteiger partial charge in [0.05, 0.1) is 16.5 Å². The third-order valence-corrected chi connectivity index (χ3v) is 6.17. The lowest BCUT2D eigenvalue weighted by atomic mass is 10.2. The van der Waals surface area contributed by atoms with E-state index in [1.165, 1.54) is 11.3 Å². The summed E-state index contributed by atoms with van der Waals surface area (Å²) in [5.41, 5.74) is 2.51. The molecule has 0 amide bonds. The van der Waals surface area contributed by atoms with Gasteiger partial charge in [0, 0.05) is 23.9 Å². The molecule has 7 heteroatoms. The van der Waals surface area contributed by atoms with E-state index < -0.39 is 10.0 Å². The highest BCUT2D eigenvalue weighted by atomic mass is 35.5. The van der Waals surface area contributed by atoms with E-state index in [-0.39, 0.29) is 5.75 Å². The summed E-state index contributed by atoms with van der Waals surface area (Å²) in [4.78, 5) is 4.54. The van der Waals surface area contributed by atoms with Gasteiger partial charge >= 0.3 is 0 Å². The highest BCUT2D eigenvalue weighted by molar-refractivity contribution is 7.88. The predicted molar refractivity (Wildman–Crippen MR) is 103 cm³/mol. The van der Waals surface area contributed by atoms with Gasteiger partial charge in [-0.25, -0.2) is 18.1 Å². The zero-order valence-electron chi connectivity index (χ0n) is 13.4. The maximum atomic E-state index is 12.1. The fraction of sp³-hybridized carbons (Fsp3) is 0.167. The van der Waals surface area contributed by atoms with Crippen LogP contribution in [-0.4, -0.2) is 19.9 Å². The molecule has 130 valence electrons. The third-order valence-electron chi connectivity index (χ3n) is 3.56. The highest BCUT2D eigenvalue weighted by Gasteiger charge is 2.12. The number of sulfonamides is 1. The quantitative estimate of drug-likeness (QED) is 0.657. The smallest absolute Gasteiger partial charge is 0.215 e. The van der Waals surface area contributed by atoms with Crippen LogP contribution in [0.5, 0.6) is 0 Å². The number of nitrogens with zero attached hydrogens (tertiary/aromatic N) is 1. The van der Waals surface area contributed by atoms with Crippen molar-refractivity contribution in [3.63, 3.8) is 0 Å². The van der Waals surface area contributed by atoms with Crippen molar-refractivity contribution >= 4 is 33.0 Å². The summed E-state index contributed by atoms with van der Waals surface area (Å²) in [6.07, 6.45) is 0.537. The van der Waals surface area contributed by atoms with Crippen LogP contribution in [0.1, 0.15) is 11.3 Å². The Morgan fingerprint density at radius 3 is 2.52 bits per heavy atom. The molecule has 0 fully saturated rings. The Labute approximate surface area is 156 Å². The van der Waals surface area contributed by atoms with E-state index >= 15 is 0 Å². The van der Waals surface area contributed by atoms with Crippen LogP contribution in [0.15, 0.2) is 60.0 Å². The largest absolute Gasteiger partial charge is 0.241 e. The molecule has 4 nitrogen and oxygen atoms in total. The van der Waals surface area contributed by atoms with Crippen LogP contribution in [0.3, 0.4) is 0 Å². The van der Waals surface area contributed by atoms with Crippen LogP contribution in [0, 0.1) is 0 Å². The molecule has 0 radical (unpaired) electrons. The topological polar surface area (TPSA) is 59.1 Å². The zero-order chi connectivity index (χ0) is 17.7. The summed E-state index contributed by atoms with van der Waals surface area (Å²) >= 11 is 7.69. The number of benzene rings is 2. The molecule has 0 bridgehead atoms. The number of hydrogen-bond acceptors (Lipinski definition) is 4. The standard InChI is InChI=1S/C18H17ClN2O2S2/c19-17-9-5-4-8-16(17)18-21-15(12-24-18)10-11-20-25(22,23)13-14-6-2-1-3-7-14/h1-9,12,20H,10-11,13H2. The molecule has 0 spiro atoms. The minimum absolute atomic E-state index is 0.0181. The molecular formula is C18H17ClN2O2S2. The Kier molecular flexibility index (Phi) is 5.86. The number of aromatic nitrogens is 1. The van der Waals surface area contributed by atoms with Gasteiger partial charge in [0.1, 0.15) is 5.01 Å². The van der Waals surface area contributed by atoms with Crippen molar-refractivity contribution in [2.75, 3.05) is 6.54 Å². The molecule has 0 saturated carbocycles. The molecule has 0 atom stereocenters. The highest BCUT2D eigenvalue weighted by Crippen LogP contribution is 2.30. The normalized spacial score (nSPS) is 11.6. The Hall–Kier alpha value is -1.73. The first-order valence-electron chi connectivity index (χ1n) is 7.74. The molecule has 0 unspecified atom stereocenters. The molecule has 25 heavy (non-hydrogen) atoms. The second kappa shape index (κ2) is 8.10. The van der Waals surface area contributed by atoms with Crippen molar-refractivity contribution in [1.29, 1.82) is 0 Å². The molecule has 1 N–H and O–H groups in total. The Balaban J connectivity index is 1.57. The number of nitrogens with one attached hydrogen (secondary N) is 1. The van der Waals surface area contributed by atoms with Crippen LogP contribution in [0.2, 0.25) is 5.02 Å². The fourth-order valence-corrected chi connectivity index (χ4v) is 4.68. The van der Waals surface area contributed by atoms with Gasteiger partial charge in [0.2, 0.25) is 10.0 Å². The van der Waals surface area contributed by atoms with Gasteiger partial charge in [0.15, 0.2) is 0 Å². The summed E-state index contributed by atoms with van der Waals surface area (Å²) in [7, 11) is -3.35. The van der Waals surface area contributed by atoms with Gasteiger partial charge < -0.3 is 0 Å². The van der Waals surface area contributed by atoms with Gasteiger partial charge in [-0.15, -0.1) is 11.3 Å². The molecular weight excluding hydrogens is 376 g/mol. The summed E-state index contributed by atoms with van der Waals surface area (Å²) in [6, 6.07) is 16.7. The van der Waals surface area contributed by atoms with Crippen molar-refractivity contribution in [3.8, 4) is 10.6 Å². The molecule has 0 aliphatic heterocycles. The molecule has 3 rings (SSSR count). The maximum absolute atomic E-state index is 12.1. The van der Waals surface area contributed by atoms with Gasteiger partial charge in [-0.05, 0) is 11.6 Å². The number of rotatable bonds is 7. The van der Waals surface area contributed by atoms with Crippen molar-refractivity contribution < 1.29 is 8.42 Å². The predicted octanol–water partition coefficient (Wildman–Crippen LogP) is 4.13. The summed E-state index contributed by atoms with van der Waals surface area (Å²) in [5, 5.41) is 3.43. The Bertz CT molecular complexity index is 940. The van der Waals surface area contributed by atoms with Crippen LogP contribution in [0.25, 0.3) is 10.6 Å². The van der Waals surface area contributed by atoms with Gasteiger partial charge in [-0.3, -0.25) is 0 Å². The molecule has 2 aromatic carbocycles. The van der Waals surface area contributed by atoms with E-state index in [0.29, 0.717) is 18.0 Å². The SMILES string of the molecule is O=S(=O)(Cc1ccccc1)NCCc1csc(-c2ccccc2Cl)n1. The Morgan fingerprint density at radius 1 is 1.04 bits per heavy atom. The fourth-order valence-electron chi connectivity index (χ4n) is 2.36. The molecule has 0 aliphatic carbocycles. The Morgan fingerprint density at radius 2 is 1.76 bits per heavy atom. The molecule has 1 aromatic heterocycles. The van der Waals surface area contributed by atoms with E-state index in [0.717, 1.165) is 21.8 Å². The monoisotopic (exact) mass is 392 g/mol. The lowest BCUT2D eigenvalue weighted by molar-refractivity contribution is 0.580. The number of hydrogen-bond donors (Lipinski definition) is 1. The number of thiazole rings is 1. The first-order valence-corrected chi connectivity index (χ1v) is 10.6. The first kappa shape index (κ1) is 18.1. The lowest BCUT2D eigenvalue weighted by Gasteiger charge is -2.06. The second-order valence-electron chi connectivity index (χ2n) is 5.51. The van der Waals surface area contributed by atoms with Crippen molar-refractivity contribution in [1.82, 2.24) is 9.71 Å². The van der Waals surface area contributed by atoms with Gasteiger partial charge in [0.25, 0.3) is 0 Å². The lowest BCUT2D eigenvalue weighted by Crippen LogP contribution is -2.27. The van der Waals surface area contributed by atoms with Crippen LogP contribution in [0.4, 0.5) is 0 Å². The van der Waals surface area contributed by atoms with Crippen LogP contribution < -0.4 is 4.72 Å². The number of halogens is 1.